The van der Waals surface area contributed by atoms with Crippen LogP contribution in [0.4, 0.5) is 0 Å². The Morgan fingerprint density at radius 1 is 1.17 bits per heavy atom. The summed E-state index contributed by atoms with van der Waals surface area (Å²) < 4.78 is 10.6. The lowest BCUT2D eigenvalue weighted by atomic mass is 10.2. The fourth-order valence-electron chi connectivity index (χ4n) is 2.07. The average molecular weight is 467 g/mol. The zero-order valence-corrected chi connectivity index (χ0v) is 18.2. The van der Waals surface area contributed by atoms with E-state index in [1.54, 1.807) is 14.2 Å². The van der Waals surface area contributed by atoms with Gasteiger partial charge in [-0.05, 0) is 43.9 Å². The van der Waals surface area contributed by atoms with E-state index in [4.69, 9.17) is 9.47 Å². The molecular formula is C17H30IN3O2S. The number of hydrogen-bond donors (Lipinski definition) is 2. The summed E-state index contributed by atoms with van der Waals surface area (Å²) in [5, 5.41) is 6.65. The molecule has 0 aliphatic carbocycles. The van der Waals surface area contributed by atoms with Crippen LogP contribution in [0.15, 0.2) is 23.2 Å². The highest BCUT2D eigenvalue weighted by atomic mass is 127. The first-order chi connectivity index (χ1) is 11.2. The molecule has 0 bridgehead atoms. The lowest BCUT2D eigenvalue weighted by molar-refractivity contribution is 0.391. The predicted molar refractivity (Wildman–Crippen MR) is 115 cm³/mol. The summed E-state index contributed by atoms with van der Waals surface area (Å²) in [7, 11) is 3.31. The molecule has 0 aromatic heterocycles. The molecule has 7 heteroatoms. The molecule has 0 unspecified atom stereocenters. The van der Waals surface area contributed by atoms with Gasteiger partial charge in [-0.3, -0.25) is 0 Å². The second kappa shape index (κ2) is 14.5. The Morgan fingerprint density at radius 3 is 2.58 bits per heavy atom. The van der Waals surface area contributed by atoms with Crippen LogP contribution in [0.1, 0.15) is 25.3 Å². The topological polar surface area (TPSA) is 54.9 Å². The van der Waals surface area contributed by atoms with E-state index in [1.807, 2.05) is 30.0 Å². The van der Waals surface area contributed by atoms with E-state index < -0.39 is 0 Å². The number of aliphatic imine (C=N–C) groups is 1. The monoisotopic (exact) mass is 467 g/mol. The Balaban J connectivity index is 0.00000529. The molecule has 0 atom stereocenters. The predicted octanol–water partition coefficient (Wildman–Crippen LogP) is 3.52. The first-order valence-electron chi connectivity index (χ1n) is 7.97. The van der Waals surface area contributed by atoms with Crippen LogP contribution in [0.3, 0.4) is 0 Å². The molecule has 0 saturated carbocycles. The lowest BCUT2D eigenvalue weighted by Gasteiger charge is -2.12. The number of halogens is 1. The van der Waals surface area contributed by atoms with Crippen molar-refractivity contribution in [1.82, 2.24) is 10.6 Å². The Labute approximate surface area is 167 Å². The van der Waals surface area contributed by atoms with Crippen LogP contribution in [-0.2, 0) is 6.54 Å². The molecule has 138 valence electrons. The molecule has 0 radical (unpaired) electrons. The Hall–Kier alpha value is -0.830. The number of nitrogens with one attached hydrogen (secondary N) is 2. The maximum atomic E-state index is 5.41. The zero-order chi connectivity index (χ0) is 16.9. The molecule has 2 N–H and O–H groups in total. The Bertz CT molecular complexity index is 487. The van der Waals surface area contributed by atoms with Gasteiger partial charge in [0.05, 0.1) is 20.8 Å². The van der Waals surface area contributed by atoms with Crippen molar-refractivity contribution in [3.05, 3.63) is 23.8 Å². The van der Waals surface area contributed by atoms with E-state index in [0.717, 1.165) is 42.5 Å². The molecule has 24 heavy (non-hydrogen) atoms. The minimum absolute atomic E-state index is 0. The number of nitrogens with zero attached hydrogens (tertiary/aromatic N) is 1. The van der Waals surface area contributed by atoms with Crippen LogP contribution in [0.5, 0.6) is 11.5 Å². The van der Waals surface area contributed by atoms with Crippen molar-refractivity contribution in [2.24, 2.45) is 4.99 Å². The quantitative estimate of drug-likeness (QED) is 0.239. The molecule has 0 fully saturated rings. The van der Waals surface area contributed by atoms with Crippen LogP contribution >= 0.6 is 35.7 Å². The highest BCUT2D eigenvalue weighted by Crippen LogP contribution is 2.25. The number of rotatable bonds is 10. The average Bonchev–Trinajstić information content (AvgIpc) is 2.59. The molecular weight excluding hydrogens is 437 g/mol. The summed E-state index contributed by atoms with van der Waals surface area (Å²) in [6.07, 6.45) is 4.51. The highest BCUT2D eigenvalue weighted by molar-refractivity contribution is 14.0. The summed E-state index contributed by atoms with van der Waals surface area (Å²) in [6.45, 7) is 4.41. The van der Waals surface area contributed by atoms with Gasteiger partial charge in [0.1, 0.15) is 11.5 Å². The molecule has 0 heterocycles. The zero-order valence-electron chi connectivity index (χ0n) is 15.1. The molecule has 1 aromatic rings. The van der Waals surface area contributed by atoms with E-state index in [2.05, 4.69) is 28.8 Å². The van der Waals surface area contributed by atoms with Crippen molar-refractivity contribution in [1.29, 1.82) is 0 Å². The molecule has 0 aliphatic heterocycles. The van der Waals surface area contributed by atoms with Gasteiger partial charge >= 0.3 is 0 Å². The van der Waals surface area contributed by atoms with Gasteiger partial charge in [-0.15, -0.1) is 24.0 Å². The molecule has 0 spiro atoms. The van der Waals surface area contributed by atoms with Crippen molar-refractivity contribution < 1.29 is 9.47 Å². The molecule has 0 saturated heterocycles. The van der Waals surface area contributed by atoms with Crippen molar-refractivity contribution in [2.45, 2.75) is 26.3 Å². The Kier molecular flexibility index (Phi) is 14.0. The van der Waals surface area contributed by atoms with Crippen LogP contribution in [0, 0.1) is 0 Å². The van der Waals surface area contributed by atoms with Gasteiger partial charge in [-0.25, -0.2) is 4.99 Å². The van der Waals surface area contributed by atoms with E-state index in [-0.39, 0.29) is 24.0 Å². The summed E-state index contributed by atoms with van der Waals surface area (Å²) >= 11 is 1.89. The van der Waals surface area contributed by atoms with E-state index >= 15 is 0 Å². The number of unbranched alkanes of at least 4 members (excludes halogenated alkanes) is 1. The molecule has 0 aliphatic rings. The first-order valence-corrected chi connectivity index (χ1v) is 9.36. The maximum Gasteiger partial charge on any atom is 0.191 e. The van der Waals surface area contributed by atoms with Gasteiger partial charge in [-0.2, -0.15) is 11.8 Å². The van der Waals surface area contributed by atoms with Crippen LogP contribution < -0.4 is 20.1 Å². The Morgan fingerprint density at radius 2 is 1.96 bits per heavy atom. The van der Waals surface area contributed by atoms with Gasteiger partial charge in [0.15, 0.2) is 5.96 Å². The number of hydrogen-bond acceptors (Lipinski definition) is 4. The van der Waals surface area contributed by atoms with Crippen molar-refractivity contribution in [3.8, 4) is 11.5 Å². The van der Waals surface area contributed by atoms with Gasteiger partial charge < -0.3 is 20.1 Å². The summed E-state index contributed by atoms with van der Waals surface area (Å²) in [5.41, 5.74) is 1.04. The van der Waals surface area contributed by atoms with Crippen LogP contribution in [0.2, 0.25) is 0 Å². The van der Waals surface area contributed by atoms with Gasteiger partial charge in [-0.1, -0.05) is 0 Å². The molecule has 5 nitrogen and oxygen atoms in total. The third kappa shape index (κ3) is 8.86. The van der Waals surface area contributed by atoms with E-state index in [1.165, 1.54) is 12.2 Å². The number of guanidine groups is 1. The molecule has 1 rings (SSSR count). The standard InChI is InChI=1S/C17H29N3O2S.HI/c1-5-18-17(19-10-6-7-11-23-4)20-13-14-8-9-15(21-2)12-16(14)22-3;/h8-9,12H,5-7,10-11,13H2,1-4H3,(H2,18,19,20);1H. The van der Waals surface area contributed by atoms with Gasteiger partial charge in [0.2, 0.25) is 0 Å². The maximum absolute atomic E-state index is 5.41. The van der Waals surface area contributed by atoms with Crippen molar-refractivity contribution >= 4 is 41.7 Å². The third-order valence-corrected chi connectivity index (χ3v) is 4.01. The SMILES string of the molecule is CCNC(=NCc1ccc(OC)cc1OC)NCCCCSC.I. The molecule has 1 aromatic carbocycles. The first kappa shape index (κ1) is 23.2. The fourth-order valence-corrected chi connectivity index (χ4v) is 2.56. The normalized spacial score (nSPS) is 10.8. The number of thioether (sulfide) groups is 1. The highest BCUT2D eigenvalue weighted by Gasteiger charge is 2.05. The van der Waals surface area contributed by atoms with Crippen LogP contribution in [0.25, 0.3) is 0 Å². The van der Waals surface area contributed by atoms with E-state index in [9.17, 15) is 0 Å². The molecule has 0 amide bonds. The summed E-state index contributed by atoms with van der Waals surface area (Å²) in [4.78, 5) is 4.63. The van der Waals surface area contributed by atoms with Crippen molar-refractivity contribution in [2.75, 3.05) is 39.3 Å². The smallest absolute Gasteiger partial charge is 0.191 e. The van der Waals surface area contributed by atoms with Crippen molar-refractivity contribution in [3.63, 3.8) is 0 Å². The largest absolute Gasteiger partial charge is 0.497 e. The number of ether oxygens (including phenoxy) is 2. The fraction of sp³-hybridized carbons (Fsp3) is 0.588. The summed E-state index contributed by atoms with van der Waals surface area (Å²) in [5.74, 6) is 3.63. The summed E-state index contributed by atoms with van der Waals surface area (Å²) in [6, 6.07) is 5.80. The van der Waals surface area contributed by atoms with Gasteiger partial charge in [0, 0.05) is 24.7 Å². The van der Waals surface area contributed by atoms with Gasteiger partial charge in [0.25, 0.3) is 0 Å². The number of methoxy groups -OCH3 is 2. The van der Waals surface area contributed by atoms with E-state index in [0.29, 0.717) is 6.54 Å². The minimum Gasteiger partial charge on any atom is -0.497 e. The van der Waals surface area contributed by atoms with Crippen LogP contribution in [-0.4, -0.2) is 45.3 Å². The number of benzene rings is 1. The minimum atomic E-state index is 0. The second-order valence-electron chi connectivity index (χ2n) is 5.00. The lowest BCUT2D eigenvalue weighted by Crippen LogP contribution is -2.37. The second-order valence-corrected chi connectivity index (χ2v) is 5.99. The third-order valence-electron chi connectivity index (χ3n) is 3.31.